The Morgan fingerprint density at radius 3 is 2.54 bits per heavy atom. The van der Waals surface area contributed by atoms with Crippen LogP contribution in [0.1, 0.15) is 71.1 Å². The van der Waals surface area contributed by atoms with E-state index in [9.17, 15) is 0 Å². The van der Waals surface area contributed by atoms with Gasteiger partial charge in [-0.15, -0.1) is 10.2 Å². The molecule has 2 rings (SSSR count). The topological polar surface area (TPSA) is 70.3 Å². The van der Waals surface area contributed by atoms with E-state index in [4.69, 9.17) is 15.2 Å². The van der Waals surface area contributed by atoms with Crippen LogP contribution in [0.5, 0.6) is 0 Å². The second kappa shape index (κ2) is 12.1. The van der Waals surface area contributed by atoms with Crippen LogP contribution in [0.15, 0.2) is 4.34 Å². The highest BCUT2D eigenvalue weighted by Gasteiger charge is 2.25. The number of ether oxygens (including phenoxy) is 2. The average molecular weight is 374 g/mol. The number of hydrogen-bond acceptors (Lipinski definition) is 7. The van der Waals surface area contributed by atoms with Gasteiger partial charge in [0.1, 0.15) is 0 Å². The summed E-state index contributed by atoms with van der Waals surface area (Å²) in [6, 6.07) is 0. The number of rotatable bonds is 13. The van der Waals surface area contributed by atoms with Crippen LogP contribution in [0.25, 0.3) is 0 Å². The lowest BCUT2D eigenvalue weighted by atomic mass is 10.1. The first-order valence-electron chi connectivity index (χ1n) is 9.26. The number of nitrogens with two attached hydrogens (primary N) is 1. The standard InChI is InChI=1S/C17H31N3O2S2/c1-2-3-4-5-6-7-8-9-10-14-13-21-15(22-14)11-12-23-17-20-19-16(18)24-17/h14-15H,2-13H2,1H3,(H2,18,19). The molecular formula is C17H31N3O2S2. The van der Waals surface area contributed by atoms with Gasteiger partial charge in [-0.05, 0) is 6.42 Å². The molecule has 1 aliphatic heterocycles. The van der Waals surface area contributed by atoms with Crippen molar-refractivity contribution in [2.24, 2.45) is 0 Å². The van der Waals surface area contributed by atoms with Crippen molar-refractivity contribution in [2.45, 2.75) is 87.9 Å². The summed E-state index contributed by atoms with van der Waals surface area (Å²) in [5.74, 6) is 0.920. The molecule has 0 spiro atoms. The van der Waals surface area contributed by atoms with E-state index >= 15 is 0 Å². The molecule has 2 N–H and O–H groups in total. The van der Waals surface area contributed by atoms with Gasteiger partial charge in [-0.3, -0.25) is 0 Å². The molecule has 0 saturated carbocycles. The summed E-state index contributed by atoms with van der Waals surface area (Å²) in [4.78, 5) is 0. The van der Waals surface area contributed by atoms with Crippen LogP contribution in [-0.2, 0) is 9.47 Å². The molecule has 2 unspecified atom stereocenters. The Morgan fingerprint density at radius 2 is 1.83 bits per heavy atom. The predicted molar refractivity (Wildman–Crippen MR) is 102 cm³/mol. The monoisotopic (exact) mass is 373 g/mol. The fourth-order valence-electron chi connectivity index (χ4n) is 2.84. The Bertz CT molecular complexity index is 445. The molecule has 138 valence electrons. The van der Waals surface area contributed by atoms with Gasteiger partial charge in [0, 0.05) is 12.2 Å². The zero-order chi connectivity index (χ0) is 17.0. The number of hydrogen-bond donors (Lipinski definition) is 1. The Morgan fingerprint density at radius 1 is 1.08 bits per heavy atom. The van der Waals surface area contributed by atoms with Crippen LogP contribution in [-0.4, -0.2) is 35.0 Å². The third-order valence-electron chi connectivity index (χ3n) is 4.19. The van der Waals surface area contributed by atoms with Crippen molar-refractivity contribution in [1.82, 2.24) is 10.2 Å². The lowest BCUT2D eigenvalue weighted by molar-refractivity contribution is -0.0590. The van der Waals surface area contributed by atoms with Gasteiger partial charge in [0.15, 0.2) is 10.6 Å². The van der Waals surface area contributed by atoms with E-state index in [1.54, 1.807) is 11.8 Å². The third-order valence-corrected chi connectivity index (χ3v) is 6.11. The fraction of sp³-hybridized carbons (Fsp3) is 0.882. The summed E-state index contributed by atoms with van der Waals surface area (Å²) in [6.07, 6.45) is 13.1. The zero-order valence-corrected chi connectivity index (χ0v) is 16.4. The molecule has 1 aromatic rings. The summed E-state index contributed by atoms with van der Waals surface area (Å²) < 4.78 is 12.6. The molecule has 0 aromatic carbocycles. The first kappa shape index (κ1) is 19.9. The van der Waals surface area contributed by atoms with Crippen molar-refractivity contribution in [1.29, 1.82) is 0 Å². The van der Waals surface area contributed by atoms with E-state index in [2.05, 4.69) is 17.1 Å². The first-order chi connectivity index (χ1) is 11.8. The lowest BCUT2D eigenvalue weighted by Gasteiger charge is -2.10. The highest BCUT2D eigenvalue weighted by atomic mass is 32.2. The maximum Gasteiger partial charge on any atom is 0.203 e. The third kappa shape index (κ3) is 8.14. The Labute approximate surface area is 154 Å². The molecule has 0 aliphatic carbocycles. The minimum Gasteiger partial charge on any atom is -0.374 e. The van der Waals surface area contributed by atoms with E-state index in [0.717, 1.165) is 29.5 Å². The molecule has 0 bridgehead atoms. The quantitative estimate of drug-likeness (QED) is 0.393. The second-order valence-electron chi connectivity index (χ2n) is 6.33. The summed E-state index contributed by atoms with van der Waals surface area (Å²) in [7, 11) is 0. The van der Waals surface area contributed by atoms with Crippen molar-refractivity contribution in [3.05, 3.63) is 0 Å². The first-order valence-corrected chi connectivity index (χ1v) is 11.1. The molecule has 0 radical (unpaired) electrons. The highest BCUT2D eigenvalue weighted by molar-refractivity contribution is 8.01. The Hall–Kier alpha value is -0.370. The predicted octanol–water partition coefficient (Wildman–Crippen LogP) is 4.87. The van der Waals surface area contributed by atoms with Crippen LogP contribution in [0.3, 0.4) is 0 Å². The van der Waals surface area contributed by atoms with Crippen LogP contribution in [0, 0.1) is 0 Å². The maximum atomic E-state index is 5.97. The largest absolute Gasteiger partial charge is 0.374 e. The molecule has 1 fully saturated rings. The smallest absolute Gasteiger partial charge is 0.203 e. The van der Waals surface area contributed by atoms with Gasteiger partial charge in [-0.1, -0.05) is 81.4 Å². The van der Waals surface area contributed by atoms with Crippen molar-refractivity contribution in [3.63, 3.8) is 0 Å². The molecule has 7 heteroatoms. The number of anilines is 1. The molecule has 2 heterocycles. The molecule has 1 aromatic heterocycles. The summed E-state index contributed by atoms with van der Waals surface area (Å²) in [6.45, 7) is 3.01. The van der Waals surface area contributed by atoms with Crippen LogP contribution >= 0.6 is 23.1 Å². The number of nitrogens with zero attached hydrogens (tertiary/aromatic N) is 2. The number of thioether (sulfide) groups is 1. The van der Waals surface area contributed by atoms with Crippen molar-refractivity contribution >= 4 is 28.2 Å². The summed E-state index contributed by atoms with van der Waals surface area (Å²) in [5.41, 5.74) is 5.57. The van der Waals surface area contributed by atoms with Crippen LogP contribution in [0.4, 0.5) is 5.13 Å². The van der Waals surface area contributed by atoms with E-state index in [1.165, 1.54) is 62.7 Å². The molecule has 0 amide bonds. The molecule has 2 atom stereocenters. The van der Waals surface area contributed by atoms with Crippen molar-refractivity contribution in [3.8, 4) is 0 Å². The van der Waals surface area contributed by atoms with Gasteiger partial charge in [0.2, 0.25) is 5.13 Å². The van der Waals surface area contributed by atoms with Crippen LogP contribution in [0.2, 0.25) is 0 Å². The van der Waals surface area contributed by atoms with E-state index < -0.39 is 0 Å². The van der Waals surface area contributed by atoms with Gasteiger partial charge >= 0.3 is 0 Å². The van der Waals surface area contributed by atoms with Gasteiger partial charge in [-0.2, -0.15) is 0 Å². The van der Waals surface area contributed by atoms with Gasteiger partial charge in [-0.25, -0.2) is 0 Å². The number of unbranched alkanes of at least 4 members (excludes halogenated alkanes) is 7. The number of nitrogen functional groups attached to an aromatic ring is 1. The summed E-state index contributed by atoms with van der Waals surface area (Å²) in [5, 5.41) is 8.34. The SMILES string of the molecule is CCCCCCCCCCC1COC(CCSc2nnc(N)s2)O1. The summed E-state index contributed by atoms with van der Waals surface area (Å²) >= 11 is 3.10. The molecule has 24 heavy (non-hydrogen) atoms. The zero-order valence-electron chi connectivity index (χ0n) is 14.7. The highest BCUT2D eigenvalue weighted by Crippen LogP contribution is 2.26. The van der Waals surface area contributed by atoms with Crippen molar-refractivity contribution < 1.29 is 9.47 Å². The van der Waals surface area contributed by atoms with Gasteiger partial charge < -0.3 is 15.2 Å². The fourth-order valence-corrected chi connectivity index (χ4v) is 4.51. The Balaban J connectivity index is 1.43. The lowest BCUT2D eigenvalue weighted by Crippen LogP contribution is -2.13. The molecular weight excluding hydrogens is 342 g/mol. The normalized spacial score (nSPS) is 20.7. The van der Waals surface area contributed by atoms with Crippen molar-refractivity contribution in [2.75, 3.05) is 18.1 Å². The average Bonchev–Trinajstić information content (AvgIpc) is 3.19. The maximum absolute atomic E-state index is 5.97. The minimum atomic E-state index is -0.0539. The Kier molecular flexibility index (Phi) is 10.0. The van der Waals surface area contributed by atoms with E-state index in [0.29, 0.717) is 5.13 Å². The number of aromatic nitrogens is 2. The second-order valence-corrected chi connectivity index (χ2v) is 8.68. The van der Waals surface area contributed by atoms with E-state index in [-0.39, 0.29) is 12.4 Å². The van der Waals surface area contributed by atoms with Gasteiger partial charge in [0.05, 0.1) is 12.7 Å². The van der Waals surface area contributed by atoms with Crippen LogP contribution < -0.4 is 5.73 Å². The molecule has 1 aliphatic rings. The van der Waals surface area contributed by atoms with E-state index in [1.807, 2.05) is 0 Å². The van der Waals surface area contributed by atoms with Gasteiger partial charge in [0.25, 0.3) is 0 Å². The molecule has 5 nitrogen and oxygen atoms in total. The minimum absolute atomic E-state index is 0.0539. The molecule has 1 saturated heterocycles.